The van der Waals surface area contributed by atoms with Crippen molar-refractivity contribution in [2.24, 2.45) is 0 Å². The average molecular weight is 324 g/mol. The van der Waals surface area contributed by atoms with Gasteiger partial charge in [-0.05, 0) is 42.0 Å². The Labute approximate surface area is 145 Å². The first-order chi connectivity index (χ1) is 11.6. The van der Waals surface area contributed by atoms with Gasteiger partial charge >= 0.3 is 0 Å². The number of carbonyl (C=O) groups excluding carboxylic acids is 1. The van der Waals surface area contributed by atoms with Crippen LogP contribution in [0.2, 0.25) is 0 Å². The summed E-state index contributed by atoms with van der Waals surface area (Å²) in [4.78, 5) is 11.8. The summed E-state index contributed by atoms with van der Waals surface area (Å²) in [5, 5.41) is 6.28. The zero-order valence-electron chi connectivity index (χ0n) is 14.7. The molecule has 128 valence electrons. The van der Waals surface area contributed by atoms with E-state index in [0.29, 0.717) is 18.9 Å². The fourth-order valence-electron chi connectivity index (χ4n) is 2.56. The van der Waals surface area contributed by atoms with E-state index in [1.165, 1.54) is 11.1 Å². The van der Waals surface area contributed by atoms with Gasteiger partial charge in [-0.15, -0.1) is 0 Å². The molecule has 0 aliphatic rings. The quantitative estimate of drug-likeness (QED) is 0.673. The van der Waals surface area contributed by atoms with Gasteiger partial charge in [0.15, 0.2) is 0 Å². The third-order valence-electron chi connectivity index (χ3n) is 4.07. The van der Waals surface area contributed by atoms with Crippen LogP contribution in [0.15, 0.2) is 54.6 Å². The van der Waals surface area contributed by atoms with E-state index in [-0.39, 0.29) is 5.91 Å². The van der Waals surface area contributed by atoms with E-state index in [1.807, 2.05) is 18.2 Å². The summed E-state index contributed by atoms with van der Waals surface area (Å²) in [5.41, 5.74) is 3.71. The molecule has 2 N–H and O–H groups in total. The van der Waals surface area contributed by atoms with Crippen LogP contribution in [0, 0.1) is 0 Å². The fourth-order valence-corrected chi connectivity index (χ4v) is 2.56. The van der Waals surface area contributed by atoms with Gasteiger partial charge in [0, 0.05) is 25.2 Å². The number of nitrogens with one attached hydrogen (secondary N) is 2. The Balaban J connectivity index is 1.58. The van der Waals surface area contributed by atoms with Gasteiger partial charge in [0.1, 0.15) is 0 Å². The number of anilines is 1. The summed E-state index contributed by atoms with van der Waals surface area (Å²) >= 11 is 0. The molecule has 0 aliphatic carbocycles. The number of carbonyl (C=O) groups is 1. The molecule has 2 rings (SSSR count). The summed E-state index contributed by atoms with van der Waals surface area (Å²) in [6.07, 6.45) is 2.47. The molecule has 0 saturated heterocycles. The van der Waals surface area contributed by atoms with Crippen LogP contribution in [-0.4, -0.2) is 19.0 Å². The Morgan fingerprint density at radius 2 is 1.67 bits per heavy atom. The molecule has 0 unspecified atom stereocenters. The van der Waals surface area contributed by atoms with Crippen LogP contribution in [-0.2, 0) is 11.2 Å². The van der Waals surface area contributed by atoms with Gasteiger partial charge in [-0.25, -0.2) is 0 Å². The molecule has 0 aromatic heterocycles. The molecule has 0 aliphatic heterocycles. The van der Waals surface area contributed by atoms with Crippen molar-refractivity contribution in [1.82, 2.24) is 5.32 Å². The molecule has 0 radical (unpaired) electrons. The molecule has 0 saturated carbocycles. The zero-order valence-corrected chi connectivity index (χ0v) is 14.7. The van der Waals surface area contributed by atoms with Crippen LogP contribution in [0.25, 0.3) is 0 Å². The van der Waals surface area contributed by atoms with Crippen molar-refractivity contribution in [2.75, 3.05) is 18.4 Å². The molecule has 0 spiro atoms. The molecule has 2 aromatic rings. The number of aryl methyl sites for hydroxylation is 1. The first-order valence-electron chi connectivity index (χ1n) is 8.79. The third-order valence-corrected chi connectivity index (χ3v) is 4.07. The maximum atomic E-state index is 11.8. The van der Waals surface area contributed by atoms with Gasteiger partial charge in [0.25, 0.3) is 0 Å². The van der Waals surface area contributed by atoms with Gasteiger partial charge < -0.3 is 10.6 Å². The highest BCUT2D eigenvalue weighted by molar-refractivity contribution is 5.76. The first kappa shape index (κ1) is 18.1. The molecule has 0 bridgehead atoms. The summed E-state index contributed by atoms with van der Waals surface area (Å²) in [5.74, 6) is 0.648. The molecular weight excluding hydrogens is 296 g/mol. The van der Waals surface area contributed by atoms with Crippen LogP contribution in [0.5, 0.6) is 0 Å². The first-order valence-corrected chi connectivity index (χ1v) is 8.79. The van der Waals surface area contributed by atoms with E-state index in [9.17, 15) is 4.79 Å². The molecule has 1 amide bonds. The molecule has 3 heteroatoms. The Hall–Kier alpha value is -2.29. The summed E-state index contributed by atoms with van der Waals surface area (Å²) in [7, 11) is 0. The molecule has 0 fully saturated rings. The number of rotatable bonds is 9. The largest absolute Gasteiger partial charge is 0.385 e. The zero-order chi connectivity index (χ0) is 17.2. The highest BCUT2D eigenvalue weighted by atomic mass is 16.1. The van der Waals surface area contributed by atoms with Gasteiger partial charge in [-0.2, -0.15) is 0 Å². The van der Waals surface area contributed by atoms with Crippen molar-refractivity contribution in [3.8, 4) is 0 Å². The molecule has 2 aromatic carbocycles. The Morgan fingerprint density at radius 1 is 0.958 bits per heavy atom. The topological polar surface area (TPSA) is 41.1 Å². The Morgan fingerprint density at radius 3 is 2.33 bits per heavy atom. The van der Waals surface area contributed by atoms with E-state index in [1.54, 1.807) is 0 Å². The summed E-state index contributed by atoms with van der Waals surface area (Å²) in [6.45, 7) is 5.76. The van der Waals surface area contributed by atoms with Gasteiger partial charge in [-0.3, -0.25) is 4.79 Å². The molecule has 24 heavy (non-hydrogen) atoms. The van der Waals surface area contributed by atoms with Crippen LogP contribution in [0.1, 0.15) is 43.7 Å². The summed E-state index contributed by atoms with van der Waals surface area (Å²) < 4.78 is 0. The average Bonchev–Trinajstić information content (AvgIpc) is 2.60. The number of hydrogen-bond donors (Lipinski definition) is 2. The van der Waals surface area contributed by atoms with E-state index in [0.717, 1.165) is 25.1 Å². The smallest absolute Gasteiger partial charge is 0.221 e. The van der Waals surface area contributed by atoms with Gasteiger partial charge in [0.2, 0.25) is 5.91 Å². The maximum absolute atomic E-state index is 11.8. The van der Waals surface area contributed by atoms with E-state index in [4.69, 9.17) is 0 Å². The Bertz CT molecular complexity index is 605. The maximum Gasteiger partial charge on any atom is 0.221 e. The second-order valence-corrected chi connectivity index (χ2v) is 6.39. The van der Waals surface area contributed by atoms with Crippen molar-refractivity contribution in [1.29, 1.82) is 0 Å². The van der Waals surface area contributed by atoms with Crippen LogP contribution >= 0.6 is 0 Å². The van der Waals surface area contributed by atoms with Crippen LogP contribution in [0.3, 0.4) is 0 Å². The predicted octanol–water partition coefficient (Wildman–Crippen LogP) is 4.36. The molecular formula is C21H28N2O. The minimum Gasteiger partial charge on any atom is -0.385 e. The normalized spacial score (nSPS) is 10.6. The van der Waals surface area contributed by atoms with Gasteiger partial charge in [-0.1, -0.05) is 56.3 Å². The van der Waals surface area contributed by atoms with Crippen molar-refractivity contribution in [2.45, 2.75) is 39.0 Å². The molecule has 0 atom stereocenters. The third kappa shape index (κ3) is 6.45. The highest BCUT2D eigenvalue weighted by Crippen LogP contribution is 2.16. The highest BCUT2D eigenvalue weighted by Gasteiger charge is 2.02. The van der Waals surface area contributed by atoms with Crippen molar-refractivity contribution in [3.05, 3.63) is 65.7 Å². The van der Waals surface area contributed by atoms with Crippen molar-refractivity contribution < 1.29 is 4.79 Å². The van der Waals surface area contributed by atoms with E-state index >= 15 is 0 Å². The van der Waals surface area contributed by atoms with E-state index in [2.05, 4.69) is 60.9 Å². The SMILES string of the molecule is CC(C)c1ccc(NCCC(=O)NCCCc2ccccc2)cc1. The van der Waals surface area contributed by atoms with Crippen molar-refractivity contribution in [3.63, 3.8) is 0 Å². The second kappa shape index (κ2) is 9.76. The van der Waals surface area contributed by atoms with Crippen molar-refractivity contribution >= 4 is 11.6 Å². The van der Waals surface area contributed by atoms with E-state index < -0.39 is 0 Å². The monoisotopic (exact) mass is 324 g/mol. The van der Waals surface area contributed by atoms with Crippen LogP contribution < -0.4 is 10.6 Å². The number of amides is 1. The molecule has 0 heterocycles. The Kier molecular flexibility index (Phi) is 7.34. The second-order valence-electron chi connectivity index (χ2n) is 6.39. The lowest BCUT2D eigenvalue weighted by Gasteiger charge is -2.09. The standard InChI is InChI=1S/C21H28N2O/c1-17(2)19-10-12-20(13-11-19)22-16-14-21(24)23-15-6-9-18-7-4-3-5-8-18/h3-5,7-8,10-13,17,22H,6,9,14-16H2,1-2H3,(H,23,24). The molecule has 3 nitrogen and oxygen atoms in total. The lowest BCUT2D eigenvalue weighted by atomic mass is 10.0. The lowest BCUT2D eigenvalue weighted by Crippen LogP contribution is -2.26. The fraction of sp³-hybridized carbons (Fsp3) is 0.381. The minimum absolute atomic E-state index is 0.106. The minimum atomic E-state index is 0.106. The van der Waals surface area contributed by atoms with Crippen LogP contribution in [0.4, 0.5) is 5.69 Å². The summed E-state index contributed by atoms with van der Waals surface area (Å²) in [6, 6.07) is 18.8. The van der Waals surface area contributed by atoms with Gasteiger partial charge in [0.05, 0.1) is 0 Å². The predicted molar refractivity (Wildman–Crippen MR) is 101 cm³/mol. The lowest BCUT2D eigenvalue weighted by molar-refractivity contribution is -0.120. The number of benzene rings is 2. The number of hydrogen-bond acceptors (Lipinski definition) is 2.